The Morgan fingerprint density at radius 2 is 1.76 bits per heavy atom. The number of ketones is 2. The van der Waals surface area contributed by atoms with Gasteiger partial charge in [0.15, 0.2) is 17.2 Å². The van der Waals surface area contributed by atoms with Crippen LogP contribution in [0.4, 0.5) is 0 Å². The highest BCUT2D eigenvalue weighted by Crippen LogP contribution is 2.56. The first kappa shape index (κ1) is 27.7. The van der Waals surface area contributed by atoms with Gasteiger partial charge in [-0.2, -0.15) is 0 Å². The molecule has 0 aromatic heterocycles. The van der Waals surface area contributed by atoms with Gasteiger partial charge >= 0.3 is 0 Å². The molecule has 0 aromatic carbocycles. The topological polar surface area (TPSA) is 161 Å². The molecule has 0 bridgehead atoms. The number of carbonyl (C=O) groups is 3. The number of hydrogen-bond acceptors (Lipinski definition) is 8. The van der Waals surface area contributed by atoms with Gasteiger partial charge in [-0.1, -0.05) is 32.6 Å². The first-order valence-electron chi connectivity index (χ1n) is 14.5. The first-order chi connectivity index (χ1) is 17.9. The Labute approximate surface area is 224 Å². The summed E-state index contributed by atoms with van der Waals surface area (Å²) in [7, 11) is 4.03. The van der Waals surface area contributed by atoms with E-state index >= 15 is 0 Å². The summed E-state index contributed by atoms with van der Waals surface area (Å²) in [6, 6.07) is 0.0849. The number of rotatable bonds is 4. The van der Waals surface area contributed by atoms with E-state index < -0.39 is 64.7 Å². The maximum Gasteiger partial charge on any atom is 0.230 e. The summed E-state index contributed by atoms with van der Waals surface area (Å²) in [4.78, 5) is 41.5. The van der Waals surface area contributed by atoms with E-state index in [0.29, 0.717) is 18.3 Å². The van der Waals surface area contributed by atoms with Crippen LogP contribution in [0.1, 0.15) is 64.7 Å². The molecule has 5 rings (SSSR count). The fraction of sp³-hybridized carbons (Fsp3) is 0.828. The molecule has 0 spiro atoms. The Kier molecular flexibility index (Phi) is 7.29. The molecule has 9 unspecified atom stereocenters. The van der Waals surface area contributed by atoms with Crippen molar-refractivity contribution in [3.8, 4) is 0 Å². The number of aliphatic hydroxyl groups excluding tert-OH is 3. The molecule has 0 heterocycles. The number of allylic oxidation sites excluding steroid dienone is 1. The van der Waals surface area contributed by atoms with Crippen molar-refractivity contribution >= 4 is 17.5 Å². The van der Waals surface area contributed by atoms with Crippen LogP contribution in [-0.2, 0) is 14.4 Å². The molecule has 5 aliphatic rings. The fourth-order valence-electron chi connectivity index (χ4n) is 9.17. The molecule has 9 heteroatoms. The number of fused-ring (bicyclic) bond motifs is 3. The molecular weight excluding hydrogens is 488 g/mol. The van der Waals surface area contributed by atoms with Crippen molar-refractivity contribution in [3.63, 3.8) is 0 Å². The largest absolute Gasteiger partial charge is 0.508 e. The van der Waals surface area contributed by atoms with Crippen LogP contribution in [0, 0.1) is 47.3 Å². The van der Waals surface area contributed by atoms with Gasteiger partial charge in [0.2, 0.25) is 5.91 Å². The molecule has 1 amide bonds. The Hall–Kier alpha value is -1.81. The molecule has 212 valence electrons. The van der Waals surface area contributed by atoms with Crippen LogP contribution in [0.3, 0.4) is 0 Å². The number of Topliss-reactive ketones (excluding diaryl/α,β-unsaturated/α-hetero) is 2. The van der Waals surface area contributed by atoms with Crippen LogP contribution in [0.2, 0.25) is 0 Å². The third kappa shape index (κ3) is 4.07. The lowest BCUT2D eigenvalue weighted by Crippen LogP contribution is -2.65. The van der Waals surface area contributed by atoms with E-state index in [1.54, 1.807) is 0 Å². The number of primary amides is 1. The zero-order valence-electron chi connectivity index (χ0n) is 22.8. The summed E-state index contributed by atoms with van der Waals surface area (Å²) < 4.78 is 0. The number of aliphatic hydroxyl groups is 4. The lowest BCUT2D eigenvalue weighted by molar-refractivity contribution is -0.169. The molecule has 12 atom stereocenters. The molecule has 5 aliphatic carbocycles. The van der Waals surface area contributed by atoms with E-state index in [-0.39, 0.29) is 36.3 Å². The molecule has 0 saturated heterocycles. The van der Waals surface area contributed by atoms with E-state index in [1.165, 1.54) is 6.42 Å². The van der Waals surface area contributed by atoms with Crippen molar-refractivity contribution in [2.24, 2.45) is 53.1 Å². The van der Waals surface area contributed by atoms with Gasteiger partial charge in [0.1, 0.15) is 11.7 Å². The zero-order valence-corrected chi connectivity index (χ0v) is 22.8. The van der Waals surface area contributed by atoms with Gasteiger partial charge in [0.25, 0.3) is 0 Å². The third-order valence-corrected chi connectivity index (χ3v) is 11.1. The predicted octanol–water partition coefficient (Wildman–Crippen LogP) is 1.33. The van der Waals surface area contributed by atoms with Crippen LogP contribution in [0.25, 0.3) is 0 Å². The van der Waals surface area contributed by atoms with Gasteiger partial charge in [-0.25, -0.2) is 0 Å². The number of amides is 1. The molecule has 6 N–H and O–H groups in total. The molecule has 38 heavy (non-hydrogen) atoms. The van der Waals surface area contributed by atoms with Crippen LogP contribution in [-0.4, -0.2) is 80.7 Å². The number of hydrogen-bond donors (Lipinski definition) is 5. The molecule has 4 fully saturated rings. The van der Waals surface area contributed by atoms with Crippen LogP contribution < -0.4 is 5.73 Å². The van der Waals surface area contributed by atoms with E-state index in [2.05, 4.69) is 11.8 Å². The Morgan fingerprint density at radius 1 is 1.05 bits per heavy atom. The Morgan fingerprint density at radius 3 is 2.39 bits per heavy atom. The quantitative estimate of drug-likeness (QED) is 0.339. The summed E-state index contributed by atoms with van der Waals surface area (Å²) in [5.74, 6) is -6.01. The summed E-state index contributed by atoms with van der Waals surface area (Å²) in [5, 5.41) is 45.2. The number of nitrogens with two attached hydrogens (primary N) is 1. The van der Waals surface area contributed by atoms with Gasteiger partial charge in [-0.15, -0.1) is 0 Å². The highest BCUT2D eigenvalue weighted by atomic mass is 16.3. The average Bonchev–Trinajstić information content (AvgIpc) is 2.86. The SMILES string of the molecule is CCC1CCCC(C2CC(N(C)C)C3C[C@H]4C[C@H]5CC(O)C(C(N)=O)C(=O)[C@@]5(O)C(O)=C4C(=O)C3C2O)C1. The second-order valence-electron chi connectivity index (χ2n) is 13.1. The maximum absolute atomic E-state index is 14.2. The fourth-order valence-corrected chi connectivity index (χ4v) is 9.17. The van der Waals surface area contributed by atoms with Gasteiger partial charge in [0, 0.05) is 17.5 Å². The standard InChI is InChI=1S/C29H44N2O7/c1-4-13-6-5-7-14(8-13)17-12-19(31(2)3)18-10-15-9-16-11-20(32)23(28(30)37)27(36)29(16,38)26(35)21(15)25(34)22(18)24(17)33/h13-20,22-24,32-33,35,38H,4-12H2,1-3H3,(H2,30,37)/t13?,14?,15-,16+,17?,18?,19?,20?,22?,23?,24?,29+/m1/s1. The normalized spacial score (nSPS) is 47.4. The van der Waals surface area contributed by atoms with Gasteiger partial charge in [-0.3, -0.25) is 14.4 Å². The van der Waals surface area contributed by atoms with Crippen molar-refractivity contribution < 1.29 is 34.8 Å². The third-order valence-electron chi connectivity index (χ3n) is 11.1. The van der Waals surface area contributed by atoms with Crippen molar-refractivity contribution in [3.05, 3.63) is 11.3 Å². The highest BCUT2D eigenvalue weighted by Gasteiger charge is 2.64. The smallest absolute Gasteiger partial charge is 0.230 e. The monoisotopic (exact) mass is 532 g/mol. The van der Waals surface area contributed by atoms with E-state index in [1.807, 2.05) is 14.1 Å². The average molecular weight is 533 g/mol. The molecule has 0 aromatic rings. The summed E-state index contributed by atoms with van der Waals surface area (Å²) in [6.07, 6.45) is 4.83. The molecular formula is C29H44N2O7. The summed E-state index contributed by atoms with van der Waals surface area (Å²) >= 11 is 0. The van der Waals surface area contributed by atoms with E-state index in [4.69, 9.17) is 5.73 Å². The minimum absolute atomic E-state index is 0.0187. The minimum atomic E-state index is -2.44. The Balaban J connectivity index is 1.52. The Bertz CT molecular complexity index is 1030. The van der Waals surface area contributed by atoms with E-state index in [0.717, 1.165) is 32.1 Å². The highest BCUT2D eigenvalue weighted by molar-refractivity contribution is 6.09. The predicted molar refractivity (Wildman–Crippen MR) is 138 cm³/mol. The van der Waals surface area contributed by atoms with Crippen molar-refractivity contribution in [2.45, 2.75) is 88.6 Å². The summed E-state index contributed by atoms with van der Waals surface area (Å²) in [6.45, 7) is 2.21. The van der Waals surface area contributed by atoms with Gasteiger partial charge < -0.3 is 31.1 Å². The number of carbonyl (C=O) groups excluding carboxylic acids is 3. The van der Waals surface area contributed by atoms with Crippen LogP contribution in [0.5, 0.6) is 0 Å². The van der Waals surface area contributed by atoms with Gasteiger partial charge in [0.05, 0.1) is 18.1 Å². The van der Waals surface area contributed by atoms with Crippen molar-refractivity contribution in [1.29, 1.82) is 0 Å². The van der Waals surface area contributed by atoms with Crippen molar-refractivity contribution in [2.75, 3.05) is 14.1 Å². The van der Waals surface area contributed by atoms with Crippen LogP contribution in [0.15, 0.2) is 11.3 Å². The van der Waals surface area contributed by atoms with Gasteiger partial charge in [-0.05, 0) is 75.8 Å². The van der Waals surface area contributed by atoms with E-state index in [9.17, 15) is 34.8 Å². The molecule has 0 radical (unpaired) electrons. The second kappa shape index (κ2) is 9.98. The van der Waals surface area contributed by atoms with Crippen LogP contribution >= 0.6 is 0 Å². The number of nitrogens with zero attached hydrogens (tertiary/aromatic N) is 1. The second-order valence-corrected chi connectivity index (χ2v) is 13.1. The molecule has 4 saturated carbocycles. The minimum Gasteiger partial charge on any atom is -0.508 e. The first-order valence-corrected chi connectivity index (χ1v) is 14.5. The molecule has 9 nitrogen and oxygen atoms in total. The summed E-state index contributed by atoms with van der Waals surface area (Å²) in [5.41, 5.74) is 2.93. The zero-order chi connectivity index (χ0) is 27.7. The lowest BCUT2D eigenvalue weighted by Gasteiger charge is -2.55. The maximum atomic E-state index is 14.2. The lowest BCUT2D eigenvalue weighted by atomic mass is 9.52. The molecule has 0 aliphatic heterocycles. The van der Waals surface area contributed by atoms with Crippen molar-refractivity contribution in [1.82, 2.24) is 4.90 Å².